The molecule has 0 spiro atoms. The summed E-state index contributed by atoms with van der Waals surface area (Å²) >= 11 is 8.00. The summed E-state index contributed by atoms with van der Waals surface area (Å²) < 4.78 is 2.17. The lowest BCUT2D eigenvalue weighted by Gasteiger charge is -2.17. The van der Waals surface area contributed by atoms with Crippen molar-refractivity contribution in [2.45, 2.75) is 19.4 Å². The number of halogens is 1. The number of aryl methyl sites for hydroxylation is 1. The number of fused-ring (bicyclic) bond motifs is 1. The molecule has 0 fully saturated rings. The Labute approximate surface area is 133 Å². The summed E-state index contributed by atoms with van der Waals surface area (Å²) in [6, 6.07) is 10.4. The Morgan fingerprint density at radius 2 is 2.14 bits per heavy atom. The second-order valence-electron chi connectivity index (χ2n) is 5.02. The molecule has 0 aliphatic rings. The average molecular weight is 320 g/mol. The van der Waals surface area contributed by atoms with E-state index in [9.17, 15) is 0 Å². The van der Waals surface area contributed by atoms with Gasteiger partial charge in [0.25, 0.3) is 0 Å². The second-order valence-corrected chi connectivity index (χ2v) is 6.38. The van der Waals surface area contributed by atoms with Crippen LogP contribution in [0.4, 0.5) is 0 Å². The standard InChI is InChI=1S/C16H18ClN3S/c1-3-18-13(16-11(17)8-9-21-16)10-15-19-12-6-4-5-7-14(12)20(15)2/h4-9,13,18H,3,10H2,1-2H3. The van der Waals surface area contributed by atoms with Crippen molar-refractivity contribution in [1.82, 2.24) is 14.9 Å². The van der Waals surface area contributed by atoms with Gasteiger partial charge in [-0.2, -0.15) is 0 Å². The van der Waals surface area contributed by atoms with E-state index in [1.807, 2.05) is 23.6 Å². The molecule has 2 heterocycles. The van der Waals surface area contributed by atoms with Gasteiger partial charge in [0.15, 0.2) is 0 Å². The minimum absolute atomic E-state index is 0.206. The van der Waals surface area contributed by atoms with E-state index in [2.05, 4.69) is 36.0 Å². The van der Waals surface area contributed by atoms with Crippen LogP contribution in [0.25, 0.3) is 11.0 Å². The predicted molar refractivity (Wildman–Crippen MR) is 90.2 cm³/mol. The maximum Gasteiger partial charge on any atom is 0.111 e. The van der Waals surface area contributed by atoms with Crippen LogP contribution in [0, 0.1) is 0 Å². The number of thiophene rings is 1. The first-order valence-corrected chi connectivity index (χ1v) is 8.33. The molecular formula is C16H18ClN3S. The summed E-state index contributed by atoms with van der Waals surface area (Å²) in [7, 11) is 2.07. The zero-order valence-electron chi connectivity index (χ0n) is 12.1. The summed E-state index contributed by atoms with van der Waals surface area (Å²) in [6.45, 7) is 3.02. The lowest BCUT2D eigenvalue weighted by Crippen LogP contribution is -2.23. The maximum absolute atomic E-state index is 6.30. The molecule has 1 N–H and O–H groups in total. The number of hydrogen-bond donors (Lipinski definition) is 1. The van der Waals surface area contributed by atoms with Crippen LogP contribution in [0.1, 0.15) is 23.7 Å². The minimum Gasteiger partial charge on any atom is -0.331 e. The van der Waals surface area contributed by atoms with Crippen molar-refractivity contribution in [2.24, 2.45) is 7.05 Å². The fraction of sp³-hybridized carbons (Fsp3) is 0.312. The first-order chi connectivity index (χ1) is 10.2. The van der Waals surface area contributed by atoms with Crippen LogP contribution in [-0.2, 0) is 13.5 Å². The number of aromatic nitrogens is 2. The van der Waals surface area contributed by atoms with Gasteiger partial charge in [-0.15, -0.1) is 11.3 Å². The number of benzene rings is 1. The van der Waals surface area contributed by atoms with E-state index < -0.39 is 0 Å². The zero-order valence-corrected chi connectivity index (χ0v) is 13.7. The SMILES string of the molecule is CCNC(Cc1nc2ccccc2n1C)c1sccc1Cl. The summed E-state index contributed by atoms with van der Waals surface area (Å²) in [5, 5.41) is 6.39. The van der Waals surface area contributed by atoms with Crippen molar-refractivity contribution >= 4 is 34.0 Å². The van der Waals surface area contributed by atoms with Crippen molar-refractivity contribution in [3.63, 3.8) is 0 Å². The van der Waals surface area contributed by atoms with Gasteiger partial charge in [0, 0.05) is 18.3 Å². The number of likely N-dealkylation sites (N-methyl/N-ethyl adjacent to an activating group) is 1. The highest BCUT2D eigenvalue weighted by atomic mass is 35.5. The number of nitrogens with zero attached hydrogens (tertiary/aromatic N) is 2. The Kier molecular flexibility index (Phi) is 4.29. The Balaban J connectivity index is 1.94. The van der Waals surface area contributed by atoms with Gasteiger partial charge in [-0.1, -0.05) is 30.7 Å². The molecule has 3 rings (SSSR count). The van der Waals surface area contributed by atoms with Crippen LogP contribution in [0.15, 0.2) is 35.7 Å². The van der Waals surface area contributed by atoms with Crippen molar-refractivity contribution < 1.29 is 0 Å². The zero-order chi connectivity index (χ0) is 14.8. The molecule has 0 bridgehead atoms. The van der Waals surface area contributed by atoms with E-state index in [0.717, 1.165) is 29.3 Å². The average Bonchev–Trinajstić information content (AvgIpc) is 3.04. The van der Waals surface area contributed by atoms with Crippen LogP contribution >= 0.6 is 22.9 Å². The molecule has 3 nitrogen and oxygen atoms in total. The summed E-state index contributed by atoms with van der Waals surface area (Å²) in [5.74, 6) is 1.08. The third kappa shape index (κ3) is 2.84. The van der Waals surface area contributed by atoms with Gasteiger partial charge < -0.3 is 9.88 Å². The summed E-state index contributed by atoms with van der Waals surface area (Å²) in [5.41, 5.74) is 2.21. The summed E-state index contributed by atoms with van der Waals surface area (Å²) in [6.07, 6.45) is 0.833. The van der Waals surface area contributed by atoms with Gasteiger partial charge in [-0.3, -0.25) is 0 Å². The molecule has 0 radical (unpaired) electrons. The van der Waals surface area contributed by atoms with Gasteiger partial charge in [-0.25, -0.2) is 4.98 Å². The molecule has 0 aliphatic carbocycles. The summed E-state index contributed by atoms with van der Waals surface area (Å²) in [4.78, 5) is 5.94. The first-order valence-electron chi connectivity index (χ1n) is 7.07. The first kappa shape index (κ1) is 14.6. The smallest absolute Gasteiger partial charge is 0.111 e. The van der Waals surface area contributed by atoms with Gasteiger partial charge >= 0.3 is 0 Å². The Morgan fingerprint density at radius 3 is 2.81 bits per heavy atom. The van der Waals surface area contributed by atoms with Crippen molar-refractivity contribution in [3.05, 3.63) is 51.4 Å². The van der Waals surface area contributed by atoms with Gasteiger partial charge in [0.1, 0.15) is 5.82 Å². The van der Waals surface area contributed by atoms with Gasteiger partial charge in [-0.05, 0) is 30.1 Å². The number of rotatable bonds is 5. The van der Waals surface area contributed by atoms with Crippen molar-refractivity contribution in [1.29, 1.82) is 0 Å². The van der Waals surface area contributed by atoms with Crippen molar-refractivity contribution in [2.75, 3.05) is 6.54 Å². The molecule has 0 aliphatic heterocycles. The number of hydrogen-bond acceptors (Lipinski definition) is 3. The monoisotopic (exact) mass is 319 g/mol. The van der Waals surface area contributed by atoms with E-state index in [-0.39, 0.29) is 6.04 Å². The Bertz CT molecular complexity index is 747. The molecule has 2 aromatic heterocycles. The normalized spacial score (nSPS) is 12.9. The molecular weight excluding hydrogens is 302 g/mol. The largest absolute Gasteiger partial charge is 0.331 e. The minimum atomic E-state index is 0.206. The van der Waals surface area contributed by atoms with E-state index in [1.165, 1.54) is 10.4 Å². The second kappa shape index (κ2) is 6.18. The lowest BCUT2D eigenvalue weighted by atomic mass is 10.1. The molecule has 1 unspecified atom stereocenters. The van der Waals surface area contributed by atoms with E-state index in [0.29, 0.717) is 0 Å². The predicted octanol–water partition coefficient (Wildman–Crippen LogP) is 4.18. The third-order valence-electron chi connectivity index (χ3n) is 3.68. The highest BCUT2D eigenvalue weighted by Crippen LogP contribution is 2.31. The highest BCUT2D eigenvalue weighted by molar-refractivity contribution is 7.10. The van der Waals surface area contributed by atoms with Crippen LogP contribution in [-0.4, -0.2) is 16.1 Å². The molecule has 0 amide bonds. The maximum atomic E-state index is 6.30. The molecule has 5 heteroatoms. The van der Waals surface area contributed by atoms with Crippen LogP contribution < -0.4 is 5.32 Å². The molecule has 1 aromatic carbocycles. The lowest BCUT2D eigenvalue weighted by molar-refractivity contribution is 0.538. The molecule has 0 saturated heterocycles. The van der Waals surface area contributed by atoms with Gasteiger partial charge in [0.05, 0.1) is 22.1 Å². The fourth-order valence-electron chi connectivity index (χ4n) is 2.62. The Hall–Kier alpha value is -1.36. The van der Waals surface area contributed by atoms with Crippen LogP contribution in [0.3, 0.4) is 0 Å². The number of nitrogens with one attached hydrogen (secondary N) is 1. The molecule has 110 valence electrons. The Morgan fingerprint density at radius 1 is 1.33 bits per heavy atom. The quantitative estimate of drug-likeness (QED) is 0.764. The van der Waals surface area contributed by atoms with E-state index in [1.54, 1.807) is 11.3 Å². The topological polar surface area (TPSA) is 29.9 Å². The van der Waals surface area contributed by atoms with Crippen molar-refractivity contribution in [3.8, 4) is 0 Å². The molecule has 1 atom stereocenters. The van der Waals surface area contributed by atoms with Crippen LogP contribution in [0.5, 0.6) is 0 Å². The van der Waals surface area contributed by atoms with E-state index in [4.69, 9.17) is 16.6 Å². The number of imidazole rings is 1. The molecule has 3 aromatic rings. The fourth-order valence-corrected chi connectivity index (χ4v) is 3.88. The van der Waals surface area contributed by atoms with E-state index >= 15 is 0 Å². The number of para-hydroxylation sites is 2. The molecule has 0 saturated carbocycles. The molecule has 21 heavy (non-hydrogen) atoms. The third-order valence-corrected chi connectivity index (χ3v) is 5.15. The van der Waals surface area contributed by atoms with Gasteiger partial charge in [0.2, 0.25) is 0 Å². The highest BCUT2D eigenvalue weighted by Gasteiger charge is 2.19. The van der Waals surface area contributed by atoms with Crippen LogP contribution in [0.2, 0.25) is 5.02 Å².